The van der Waals surface area contributed by atoms with Gasteiger partial charge >= 0.3 is 0 Å². The van der Waals surface area contributed by atoms with Crippen LogP contribution in [-0.2, 0) is 4.79 Å². The van der Waals surface area contributed by atoms with Crippen molar-refractivity contribution in [3.63, 3.8) is 0 Å². The number of benzene rings is 1. The van der Waals surface area contributed by atoms with Crippen molar-refractivity contribution in [3.05, 3.63) is 24.0 Å². The molecule has 0 aliphatic carbocycles. The molecule has 1 heterocycles. The topological polar surface area (TPSA) is 50.4 Å². The fourth-order valence-electron chi connectivity index (χ4n) is 1.51. The molecular formula is C11H14ClFN2O2S. The van der Waals surface area contributed by atoms with Gasteiger partial charge < -0.3 is 10.1 Å². The van der Waals surface area contributed by atoms with Gasteiger partial charge in [-0.15, -0.1) is 24.2 Å². The summed E-state index contributed by atoms with van der Waals surface area (Å²) in [6, 6.07) is 3.99. The van der Waals surface area contributed by atoms with Crippen LogP contribution in [0, 0.1) is 5.82 Å². The molecule has 100 valence electrons. The molecule has 0 spiro atoms. The summed E-state index contributed by atoms with van der Waals surface area (Å²) >= 11 is 1.64. The van der Waals surface area contributed by atoms with Gasteiger partial charge in [0.1, 0.15) is 11.6 Å². The molecule has 4 nitrogen and oxygen atoms in total. The maximum Gasteiger partial charge on any atom is 0.242 e. The first-order valence-corrected chi connectivity index (χ1v) is 6.31. The van der Waals surface area contributed by atoms with Crippen LogP contribution in [0.5, 0.6) is 5.75 Å². The van der Waals surface area contributed by atoms with Crippen molar-refractivity contribution in [1.29, 1.82) is 0 Å². The highest BCUT2D eigenvalue weighted by molar-refractivity contribution is 7.99. The van der Waals surface area contributed by atoms with Crippen LogP contribution in [0.25, 0.3) is 0 Å². The summed E-state index contributed by atoms with van der Waals surface area (Å²) in [6.45, 7) is 0. The summed E-state index contributed by atoms with van der Waals surface area (Å²) in [7, 11) is 1.49. The zero-order valence-electron chi connectivity index (χ0n) is 9.73. The summed E-state index contributed by atoms with van der Waals surface area (Å²) in [4.78, 5) is 11.8. The highest BCUT2D eigenvalue weighted by Crippen LogP contribution is 2.21. The summed E-state index contributed by atoms with van der Waals surface area (Å²) in [5, 5.41) is 5.58. The van der Waals surface area contributed by atoms with Crippen LogP contribution in [0.1, 0.15) is 0 Å². The summed E-state index contributed by atoms with van der Waals surface area (Å²) < 4.78 is 18.4. The van der Waals surface area contributed by atoms with Crippen LogP contribution < -0.4 is 15.4 Å². The fraction of sp³-hybridized carbons (Fsp3) is 0.364. The van der Waals surface area contributed by atoms with Gasteiger partial charge in [0.05, 0.1) is 18.8 Å². The molecule has 0 radical (unpaired) electrons. The van der Waals surface area contributed by atoms with Gasteiger partial charge in [-0.1, -0.05) is 0 Å². The SMILES string of the molecule is COc1ccc(F)c(NC(=O)C2CSCN2)c1.Cl. The Hall–Kier alpha value is -0.980. The monoisotopic (exact) mass is 292 g/mol. The molecule has 1 atom stereocenters. The van der Waals surface area contributed by atoms with Crippen LogP contribution in [0.3, 0.4) is 0 Å². The molecule has 1 aliphatic rings. The number of hydrogen-bond donors (Lipinski definition) is 2. The van der Waals surface area contributed by atoms with E-state index in [1.165, 1.54) is 25.3 Å². The van der Waals surface area contributed by atoms with Crippen LogP contribution in [0.2, 0.25) is 0 Å². The number of carbonyl (C=O) groups excluding carboxylic acids is 1. The minimum Gasteiger partial charge on any atom is -0.497 e. The van der Waals surface area contributed by atoms with E-state index in [1.54, 1.807) is 11.8 Å². The lowest BCUT2D eigenvalue weighted by Crippen LogP contribution is -2.37. The van der Waals surface area contributed by atoms with Gasteiger partial charge in [-0.2, -0.15) is 0 Å². The van der Waals surface area contributed by atoms with E-state index in [2.05, 4.69) is 10.6 Å². The Morgan fingerprint density at radius 2 is 2.39 bits per heavy atom. The average Bonchev–Trinajstić information content (AvgIpc) is 2.85. The third-order valence-corrected chi connectivity index (χ3v) is 3.40. The van der Waals surface area contributed by atoms with E-state index in [0.717, 1.165) is 5.88 Å². The Morgan fingerprint density at radius 3 is 3.00 bits per heavy atom. The van der Waals surface area contributed by atoms with Crippen LogP contribution >= 0.6 is 24.2 Å². The van der Waals surface area contributed by atoms with Crippen LogP contribution in [-0.4, -0.2) is 30.7 Å². The van der Waals surface area contributed by atoms with Crippen molar-refractivity contribution in [3.8, 4) is 5.75 Å². The Labute approximate surface area is 115 Å². The molecule has 1 aromatic carbocycles. The fourth-order valence-corrected chi connectivity index (χ4v) is 2.45. The van der Waals surface area contributed by atoms with Gasteiger partial charge in [-0.25, -0.2) is 4.39 Å². The first kappa shape index (κ1) is 15.1. The highest BCUT2D eigenvalue weighted by atomic mass is 35.5. The van der Waals surface area contributed by atoms with Gasteiger partial charge in [-0.3, -0.25) is 10.1 Å². The molecular weight excluding hydrogens is 279 g/mol. The molecule has 0 saturated carbocycles. The summed E-state index contributed by atoms with van der Waals surface area (Å²) in [5.41, 5.74) is 0.146. The zero-order chi connectivity index (χ0) is 12.3. The molecule has 1 aliphatic heterocycles. The number of hydrogen-bond acceptors (Lipinski definition) is 4. The second-order valence-electron chi connectivity index (χ2n) is 3.61. The molecule has 7 heteroatoms. The number of methoxy groups -OCH3 is 1. The number of thioether (sulfide) groups is 1. The van der Waals surface area contributed by atoms with Crippen molar-refractivity contribution in [2.24, 2.45) is 0 Å². The number of anilines is 1. The van der Waals surface area contributed by atoms with E-state index in [1.807, 2.05) is 0 Å². The second kappa shape index (κ2) is 6.82. The lowest BCUT2D eigenvalue weighted by atomic mass is 10.2. The molecule has 1 aromatic rings. The van der Waals surface area contributed by atoms with E-state index in [-0.39, 0.29) is 30.0 Å². The molecule has 18 heavy (non-hydrogen) atoms. The number of rotatable bonds is 3. The van der Waals surface area contributed by atoms with Crippen molar-refractivity contribution >= 4 is 35.8 Å². The standard InChI is InChI=1S/C11H13FN2O2S.ClH/c1-16-7-2-3-8(12)9(4-7)14-11(15)10-5-17-6-13-10;/h2-4,10,13H,5-6H2,1H3,(H,14,15);1H. The molecule has 2 rings (SSSR count). The molecule has 2 N–H and O–H groups in total. The number of carbonyl (C=O) groups is 1. The first-order chi connectivity index (χ1) is 8.20. The lowest BCUT2D eigenvalue weighted by molar-refractivity contribution is -0.117. The predicted molar refractivity (Wildman–Crippen MR) is 73.1 cm³/mol. The van der Waals surface area contributed by atoms with E-state index >= 15 is 0 Å². The number of amides is 1. The Morgan fingerprint density at radius 1 is 1.61 bits per heavy atom. The van der Waals surface area contributed by atoms with Crippen LogP contribution in [0.15, 0.2) is 18.2 Å². The summed E-state index contributed by atoms with van der Waals surface area (Å²) in [5.74, 6) is 1.28. The number of halogens is 2. The third-order valence-electron chi connectivity index (χ3n) is 2.46. The smallest absolute Gasteiger partial charge is 0.242 e. The van der Waals surface area contributed by atoms with Crippen molar-refractivity contribution in [1.82, 2.24) is 5.32 Å². The zero-order valence-corrected chi connectivity index (χ0v) is 11.4. The first-order valence-electron chi connectivity index (χ1n) is 5.16. The van der Waals surface area contributed by atoms with Crippen LogP contribution in [0.4, 0.5) is 10.1 Å². The maximum absolute atomic E-state index is 13.5. The van der Waals surface area contributed by atoms with E-state index < -0.39 is 5.82 Å². The Balaban J connectivity index is 0.00000162. The largest absolute Gasteiger partial charge is 0.497 e. The maximum atomic E-state index is 13.5. The van der Waals surface area contributed by atoms with Gasteiger partial charge in [0, 0.05) is 17.7 Å². The summed E-state index contributed by atoms with van der Waals surface area (Å²) in [6.07, 6.45) is 0. The second-order valence-corrected chi connectivity index (χ2v) is 4.64. The molecule has 1 fully saturated rings. The highest BCUT2D eigenvalue weighted by Gasteiger charge is 2.23. The number of nitrogens with one attached hydrogen (secondary N) is 2. The quantitative estimate of drug-likeness (QED) is 0.893. The van der Waals surface area contributed by atoms with Crippen molar-refractivity contribution in [2.45, 2.75) is 6.04 Å². The normalized spacial score (nSPS) is 18.0. The van der Waals surface area contributed by atoms with Crippen molar-refractivity contribution in [2.75, 3.05) is 24.1 Å². The molecule has 1 amide bonds. The predicted octanol–water partition coefficient (Wildman–Crippen LogP) is 1.86. The van der Waals surface area contributed by atoms with E-state index in [0.29, 0.717) is 11.5 Å². The van der Waals surface area contributed by atoms with Crippen molar-refractivity contribution < 1.29 is 13.9 Å². The Kier molecular flexibility index (Phi) is 5.71. The van der Waals surface area contributed by atoms with E-state index in [9.17, 15) is 9.18 Å². The van der Waals surface area contributed by atoms with Gasteiger partial charge in [0.25, 0.3) is 0 Å². The minimum atomic E-state index is -0.468. The lowest BCUT2D eigenvalue weighted by Gasteiger charge is -2.12. The molecule has 1 unspecified atom stereocenters. The van der Waals surface area contributed by atoms with E-state index in [4.69, 9.17) is 4.74 Å². The third kappa shape index (κ3) is 3.51. The molecule has 1 saturated heterocycles. The Bertz CT molecular complexity index is 428. The minimum absolute atomic E-state index is 0. The van der Waals surface area contributed by atoms with Gasteiger partial charge in [-0.05, 0) is 12.1 Å². The number of ether oxygens (including phenoxy) is 1. The van der Waals surface area contributed by atoms with Gasteiger partial charge in [0.2, 0.25) is 5.91 Å². The van der Waals surface area contributed by atoms with Gasteiger partial charge in [0.15, 0.2) is 0 Å². The average molecular weight is 293 g/mol. The molecule has 0 bridgehead atoms. The molecule has 0 aromatic heterocycles.